The van der Waals surface area contributed by atoms with Crippen LogP contribution in [0.25, 0.3) is 11.4 Å². The number of hydrogen-bond acceptors (Lipinski definition) is 8. The van der Waals surface area contributed by atoms with Crippen LogP contribution in [0.2, 0.25) is 0 Å². The lowest BCUT2D eigenvalue weighted by Crippen LogP contribution is -2.36. The molecule has 0 unspecified atom stereocenters. The van der Waals surface area contributed by atoms with E-state index in [0.717, 1.165) is 0 Å². The Balaban J connectivity index is 1.41. The maximum atomic E-state index is 12.3. The average Bonchev–Trinajstić information content (AvgIpc) is 3.34. The standard InChI is InChI=1S/C19H17F3N6O3/c1-28-10-12(25-17(29)14-9-23-6-7-24-14)8-15(28)18-26-16(27-31-18)11-2-4-13(5-3-11)30-19(20,21)22/h2-7,9,12,15H,8,10H2,1H3,(H,25,29)/t12-,15-/m0/s1. The summed E-state index contributed by atoms with van der Waals surface area (Å²) >= 11 is 0. The number of nitrogens with zero attached hydrogens (tertiary/aromatic N) is 5. The molecule has 0 saturated carbocycles. The van der Waals surface area contributed by atoms with E-state index < -0.39 is 6.36 Å². The lowest BCUT2D eigenvalue weighted by molar-refractivity contribution is -0.274. The number of ether oxygens (including phenoxy) is 1. The number of carbonyl (C=O) groups is 1. The first-order valence-electron chi connectivity index (χ1n) is 9.25. The van der Waals surface area contributed by atoms with Gasteiger partial charge in [-0.25, -0.2) is 4.98 Å². The number of halogens is 3. The Morgan fingerprint density at radius 1 is 1.26 bits per heavy atom. The quantitative estimate of drug-likeness (QED) is 0.653. The average molecular weight is 434 g/mol. The molecule has 1 aliphatic rings. The van der Waals surface area contributed by atoms with E-state index in [9.17, 15) is 18.0 Å². The fraction of sp³-hybridized carbons (Fsp3) is 0.316. The number of benzene rings is 1. The Labute approximate surface area is 174 Å². The van der Waals surface area contributed by atoms with Crippen molar-refractivity contribution in [3.05, 3.63) is 54.4 Å². The molecule has 1 N–H and O–H groups in total. The van der Waals surface area contributed by atoms with Crippen molar-refractivity contribution in [1.29, 1.82) is 0 Å². The van der Waals surface area contributed by atoms with Gasteiger partial charge in [-0.3, -0.25) is 14.7 Å². The highest BCUT2D eigenvalue weighted by Gasteiger charge is 2.35. The molecule has 1 fully saturated rings. The van der Waals surface area contributed by atoms with Crippen LogP contribution in [0.4, 0.5) is 13.2 Å². The first-order chi connectivity index (χ1) is 14.8. The number of amides is 1. The molecule has 1 aliphatic heterocycles. The third-order valence-corrected chi connectivity index (χ3v) is 4.75. The minimum absolute atomic E-state index is 0.154. The first-order valence-corrected chi connectivity index (χ1v) is 9.25. The fourth-order valence-electron chi connectivity index (χ4n) is 3.36. The van der Waals surface area contributed by atoms with E-state index in [1.807, 2.05) is 11.9 Å². The normalized spacial score (nSPS) is 19.4. The lowest BCUT2D eigenvalue weighted by Gasteiger charge is -2.14. The highest BCUT2D eigenvalue weighted by Crippen LogP contribution is 2.31. The van der Waals surface area contributed by atoms with E-state index in [2.05, 4.69) is 30.2 Å². The lowest BCUT2D eigenvalue weighted by atomic mass is 10.1. The Bertz CT molecular complexity index is 1040. The molecular formula is C19H17F3N6O3. The van der Waals surface area contributed by atoms with Crippen molar-refractivity contribution in [3.8, 4) is 17.1 Å². The summed E-state index contributed by atoms with van der Waals surface area (Å²) in [5.74, 6) is -0.0601. The Morgan fingerprint density at radius 3 is 2.71 bits per heavy atom. The van der Waals surface area contributed by atoms with Gasteiger partial charge in [-0.15, -0.1) is 13.2 Å². The number of nitrogens with one attached hydrogen (secondary N) is 1. The summed E-state index contributed by atoms with van der Waals surface area (Å²) in [6, 6.07) is 4.81. The number of likely N-dealkylation sites (tertiary alicyclic amines) is 1. The summed E-state index contributed by atoms with van der Waals surface area (Å²) in [7, 11) is 1.87. The van der Waals surface area contributed by atoms with Crippen molar-refractivity contribution in [2.75, 3.05) is 13.6 Å². The smallest absolute Gasteiger partial charge is 0.406 e. The summed E-state index contributed by atoms with van der Waals surface area (Å²) in [5, 5.41) is 6.83. The molecule has 162 valence electrons. The summed E-state index contributed by atoms with van der Waals surface area (Å²) in [4.78, 5) is 26.5. The van der Waals surface area contributed by atoms with Gasteiger partial charge in [0.2, 0.25) is 11.7 Å². The first kappa shape index (κ1) is 20.7. The number of hydrogen-bond donors (Lipinski definition) is 1. The summed E-state index contributed by atoms with van der Waals surface area (Å²) in [5.41, 5.74) is 0.712. The third-order valence-electron chi connectivity index (χ3n) is 4.75. The number of alkyl halides is 3. The molecule has 0 bridgehead atoms. The van der Waals surface area contributed by atoms with Gasteiger partial charge in [-0.1, -0.05) is 5.16 Å². The molecule has 31 heavy (non-hydrogen) atoms. The largest absolute Gasteiger partial charge is 0.573 e. The Hall–Kier alpha value is -3.54. The predicted molar refractivity (Wildman–Crippen MR) is 99.7 cm³/mol. The molecule has 0 radical (unpaired) electrons. The van der Waals surface area contributed by atoms with Crippen LogP contribution in [0.15, 0.2) is 47.4 Å². The van der Waals surface area contributed by atoms with Gasteiger partial charge < -0.3 is 14.6 Å². The fourth-order valence-corrected chi connectivity index (χ4v) is 3.36. The van der Waals surface area contributed by atoms with Crippen molar-refractivity contribution < 1.29 is 27.2 Å². The topological polar surface area (TPSA) is 106 Å². The van der Waals surface area contributed by atoms with Gasteiger partial charge in [0.05, 0.1) is 12.2 Å². The minimum Gasteiger partial charge on any atom is -0.406 e. The second-order valence-corrected chi connectivity index (χ2v) is 6.98. The predicted octanol–water partition coefficient (Wildman–Crippen LogP) is 2.60. The summed E-state index contributed by atoms with van der Waals surface area (Å²) in [6.07, 6.45) is 0.108. The van der Waals surface area contributed by atoms with Gasteiger partial charge in [0.25, 0.3) is 5.91 Å². The van der Waals surface area contributed by atoms with E-state index in [1.165, 1.54) is 42.9 Å². The third kappa shape index (κ3) is 4.97. The van der Waals surface area contributed by atoms with Crippen molar-refractivity contribution in [2.24, 2.45) is 0 Å². The van der Waals surface area contributed by atoms with Gasteiger partial charge in [0.1, 0.15) is 11.4 Å². The van der Waals surface area contributed by atoms with Crippen molar-refractivity contribution in [2.45, 2.75) is 24.9 Å². The van der Waals surface area contributed by atoms with Crippen LogP contribution in [-0.4, -0.2) is 56.9 Å². The number of carbonyl (C=O) groups excluding carboxylic acids is 1. The van der Waals surface area contributed by atoms with Crippen LogP contribution in [-0.2, 0) is 0 Å². The monoisotopic (exact) mass is 434 g/mol. The highest BCUT2D eigenvalue weighted by atomic mass is 19.4. The molecule has 3 heterocycles. The van der Waals surface area contributed by atoms with E-state index in [-0.39, 0.29) is 35.3 Å². The van der Waals surface area contributed by atoms with Crippen LogP contribution in [0, 0.1) is 0 Å². The Morgan fingerprint density at radius 2 is 2.03 bits per heavy atom. The van der Waals surface area contributed by atoms with E-state index in [4.69, 9.17) is 4.52 Å². The van der Waals surface area contributed by atoms with Crippen LogP contribution in [0.1, 0.15) is 28.8 Å². The van der Waals surface area contributed by atoms with Crippen LogP contribution < -0.4 is 10.1 Å². The van der Waals surface area contributed by atoms with Gasteiger partial charge in [0.15, 0.2) is 0 Å². The minimum atomic E-state index is -4.76. The van der Waals surface area contributed by atoms with Crippen molar-refractivity contribution in [3.63, 3.8) is 0 Å². The number of likely N-dealkylation sites (N-methyl/N-ethyl adjacent to an activating group) is 1. The van der Waals surface area contributed by atoms with Gasteiger partial charge in [0, 0.05) is 30.5 Å². The molecule has 2 aromatic heterocycles. The number of rotatable bonds is 5. The van der Waals surface area contributed by atoms with Crippen molar-refractivity contribution >= 4 is 5.91 Å². The van der Waals surface area contributed by atoms with E-state index in [0.29, 0.717) is 24.4 Å². The molecule has 3 aromatic rings. The summed E-state index contributed by atoms with van der Waals surface area (Å²) < 4.78 is 46.1. The van der Waals surface area contributed by atoms with Gasteiger partial charge >= 0.3 is 6.36 Å². The second-order valence-electron chi connectivity index (χ2n) is 6.98. The maximum Gasteiger partial charge on any atom is 0.573 e. The zero-order valence-corrected chi connectivity index (χ0v) is 16.2. The van der Waals surface area contributed by atoms with Crippen LogP contribution in [0.5, 0.6) is 5.75 Å². The highest BCUT2D eigenvalue weighted by molar-refractivity contribution is 5.92. The molecule has 1 amide bonds. The SMILES string of the molecule is CN1C[C@@H](NC(=O)c2cnccn2)C[C@H]1c1nc(-c2ccc(OC(F)(F)F)cc2)no1. The van der Waals surface area contributed by atoms with E-state index >= 15 is 0 Å². The second kappa shape index (κ2) is 8.30. The molecule has 12 heteroatoms. The molecule has 2 atom stereocenters. The zero-order valence-electron chi connectivity index (χ0n) is 16.2. The van der Waals surface area contributed by atoms with Crippen LogP contribution >= 0.6 is 0 Å². The zero-order chi connectivity index (χ0) is 22.0. The van der Waals surface area contributed by atoms with Gasteiger partial charge in [-0.2, -0.15) is 4.98 Å². The van der Waals surface area contributed by atoms with Crippen molar-refractivity contribution in [1.82, 2.24) is 30.3 Å². The molecule has 4 rings (SSSR count). The number of aromatic nitrogens is 4. The van der Waals surface area contributed by atoms with E-state index in [1.54, 1.807) is 0 Å². The Kier molecular flexibility index (Phi) is 5.55. The summed E-state index contributed by atoms with van der Waals surface area (Å²) in [6.45, 7) is 0.567. The maximum absolute atomic E-state index is 12.3. The molecule has 1 aromatic carbocycles. The molecular weight excluding hydrogens is 417 g/mol. The molecule has 0 aliphatic carbocycles. The molecule has 1 saturated heterocycles. The van der Waals surface area contributed by atoms with Gasteiger partial charge in [-0.05, 0) is 37.7 Å². The molecule has 9 nitrogen and oxygen atoms in total. The molecule has 0 spiro atoms. The van der Waals surface area contributed by atoms with Crippen LogP contribution in [0.3, 0.4) is 0 Å².